The summed E-state index contributed by atoms with van der Waals surface area (Å²) in [6.07, 6.45) is 0.164. The number of anilines is 1. The molecule has 0 bridgehead atoms. The van der Waals surface area contributed by atoms with Crippen LogP contribution in [-0.2, 0) is 32.0 Å². The second kappa shape index (κ2) is 21.6. The van der Waals surface area contributed by atoms with Gasteiger partial charge in [-0.2, -0.15) is 5.10 Å². The van der Waals surface area contributed by atoms with Gasteiger partial charge in [0.1, 0.15) is 24.6 Å². The van der Waals surface area contributed by atoms with E-state index in [2.05, 4.69) is 41.7 Å². The summed E-state index contributed by atoms with van der Waals surface area (Å²) in [7, 11) is 0. The van der Waals surface area contributed by atoms with Crippen LogP contribution in [0.3, 0.4) is 0 Å². The molecule has 0 saturated carbocycles. The number of fused-ring (bicyclic) bond motifs is 1. The first-order chi connectivity index (χ1) is 30.6. The lowest BCUT2D eigenvalue weighted by atomic mass is 10.0. The Balaban J connectivity index is 1.01. The van der Waals surface area contributed by atoms with Gasteiger partial charge in [0, 0.05) is 61.7 Å². The highest BCUT2D eigenvalue weighted by Gasteiger charge is 2.29. The molecule has 0 unspecified atom stereocenters. The van der Waals surface area contributed by atoms with Crippen molar-refractivity contribution in [1.29, 1.82) is 0 Å². The molecule has 2 aromatic heterocycles. The first-order valence-corrected chi connectivity index (χ1v) is 21.2. The Morgan fingerprint density at radius 3 is 2.33 bits per heavy atom. The number of hydrogen-bond acceptors (Lipinski definition) is 11. The Morgan fingerprint density at radius 2 is 1.59 bits per heavy atom. The Labute approximate surface area is 376 Å². The largest absolute Gasteiger partial charge is 0.445 e. The summed E-state index contributed by atoms with van der Waals surface area (Å²) in [6, 6.07) is 21.9. The summed E-state index contributed by atoms with van der Waals surface area (Å²) < 4.78 is 32.2. The van der Waals surface area contributed by atoms with Gasteiger partial charge < -0.3 is 29.3 Å². The predicted octanol–water partition coefficient (Wildman–Crippen LogP) is 5.53. The minimum atomic E-state index is -0.759. The van der Waals surface area contributed by atoms with Crippen molar-refractivity contribution in [2.45, 2.75) is 39.4 Å². The van der Waals surface area contributed by atoms with Crippen molar-refractivity contribution in [3.63, 3.8) is 0 Å². The molecule has 3 N–H and O–H groups in total. The van der Waals surface area contributed by atoms with Crippen molar-refractivity contribution in [3.8, 4) is 0 Å². The number of nitrogens with one attached hydrogen (secondary N) is 3. The third-order valence-corrected chi connectivity index (χ3v) is 10.3. The van der Waals surface area contributed by atoms with E-state index in [1.54, 1.807) is 63.2 Å². The lowest BCUT2D eigenvalue weighted by Gasteiger charge is -2.36. The molecule has 0 aliphatic carbocycles. The van der Waals surface area contributed by atoms with Gasteiger partial charge in [-0.25, -0.2) is 24.1 Å². The number of pyridine rings is 1. The smallest absolute Gasteiger partial charge is 0.412 e. The molecule has 336 valence electrons. The second-order valence-electron chi connectivity index (χ2n) is 15.7. The fourth-order valence-corrected chi connectivity index (χ4v) is 7.04. The van der Waals surface area contributed by atoms with E-state index < -0.39 is 35.4 Å². The Morgan fingerprint density at radius 1 is 0.891 bits per heavy atom. The van der Waals surface area contributed by atoms with Gasteiger partial charge >= 0.3 is 12.2 Å². The van der Waals surface area contributed by atoms with Crippen LogP contribution in [0.15, 0.2) is 94.3 Å². The monoisotopic (exact) mass is 942 g/mol. The van der Waals surface area contributed by atoms with Crippen molar-refractivity contribution in [3.05, 3.63) is 134 Å². The summed E-state index contributed by atoms with van der Waals surface area (Å²) in [4.78, 5) is 86.5. The number of halogens is 2. The first kappa shape index (κ1) is 46.8. The normalized spacial score (nSPS) is 12.7. The van der Waals surface area contributed by atoms with Crippen LogP contribution in [0.1, 0.15) is 58.4 Å². The molecule has 0 radical (unpaired) electrons. The number of aromatic amines is 1. The Bertz CT molecular complexity index is 2550. The summed E-state index contributed by atoms with van der Waals surface area (Å²) >= 11 is 3.29. The molecule has 1 aliphatic heterocycles. The minimum Gasteiger partial charge on any atom is -0.445 e. The number of rotatable bonds is 15. The zero-order valence-electron chi connectivity index (χ0n) is 35.5. The fraction of sp³-hybridized carbons (Fsp3) is 0.333. The van der Waals surface area contributed by atoms with E-state index in [9.17, 15) is 28.8 Å². The predicted molar refractivity (Wildman–Crippen MR) is 237 cm³/mol. The molecule has 3 heterocycles. The van der Waals surface area contributed by atoms with Gasteiger partial charge in [0.2, 0.25) is 5.91 Å². The van der Waals surface area contributed by atoms with Crippen LogP contribution in [0.25, 0.3) is 10.8 Å². The van der Waals surface area contributed by atoms with Gasteiger partial charge in [-0.15, -0.1) is 0 Å². The molecule has 1 fully saturated rings. The third kappa shape index (κ3) is 12.9. The Hall–Kier alpha value is -6.73. The van der Waals surface area contributed by atoms with E-state index in [-0.39, 0.29) is 100 Å². The topological polar surface area (TPSA) is 205 Å². The molecular weight excluding hydrogens is 895 g/mol. The lowest BCUT2D eigenvalue weighted by molar-refractivity contribution is -0.133. The van der Waals surface area contributed by atoms with Crippen molar-refractivity contribution >= 4 is 62.3 Å². The molecule has 17 nitrogen and oxygen atoms in total. The van der Waals surface area contributed by atoms with E-state index >= 15 is 4.39 Å². The maximum Gasteiger partial charge on any atom is 0.412 e. The molecule has 1 saturated heterocycles. The number of piperazine rings is 1. The maximum absolute atomic E-state index is 15.1. The minimum absolute atomic E-state index is 0.00697. The quantitative estimate of drug-likeness (QED) is 0.111. The standard InChI is InChI=1S/C45H48BrFN8O9/c1-45(2,3)64-43(60)50-37-25-31(46)26-49-39(37)41(58)48-15-21-62-22-20-55(44(61)63-28-29-9-5-4-6-10-29)27-38(56)53-16-18-54(19-17-53)42(59)34-23-30(13-14-35(34)47)24-36-32-11-7-8-12-33(32)40(57)52-51-36/h4-14,23,25-26H,15-22,24,27-28H2,1-3H3,(H,48,58)(H,50,60)(H,52,57). The van der Waals surface area contributed by atoms with Crippen molar-refractivity contribution in [2.75, 3.05) is 64.3 Å². The number of carbonyl (C=O) groups excluding carboxylic acids is 5. The number of amides is 5. The number of benzene rings is 3. The van der Waals surface area contributed by atoms with Gasteiger partial charge in [-0.3, -0.25) is 29.4 Å². The summed E-state index contributed by atoms with van der Waals surface area (Å²) in [5.41, 5.74) is 0.833. The van der Waals surface area contributed by atoms with Gasteiger partial charge in [0.25, 0.3) is 17.4 Å². The summed E-state index contributed by atoms with van der Waals surface area (Å²) in [6.45, 7) is 5.38. The molecule has 0 atom stereocenters. The Kier molecular flexibility index (Phi) is 15.8. The zero-order valence-corrected chi connectivity index (χ0v) is 37.1. The second-order valence-corrected chi connectivity index (χ2v) is 16.6. The lowest BCUT2D eigenvalue weighted by Crippen LogP contribution is -2.53. The van der Waals surface area contributed by atoms with Crippen molar-refractivity contribution in [2.24, 2.45) is 0 Å². The van der Waals surface area contributed by atoms with E-state index in [4.69, 9.17) is 14.2 Å². The van der Waals surface area contributed by atoms with Gasteiger partial charge in [0.15, 0.2) is 5.69 Å². The van der Waals surface area contributed by atoms with Crippen molar-refractivity contribution in [1.82, 2.24) is 35.2 Å². The fourth-order valence-electron chi connectivity index (χ4n) is 6.71. The molecule has 5 amide bonds. The van der Waals surface area contributed by atoms with Gasteiger partial charge in [0.05, 0.1) is 35.5 Å². The van der Waals surface area contributed by atoms with Crippen molar-refractivity contribution < 1.29 is 42.6 Å². The maximum atomic E-state index is 15.1. The molecule has 3 aromatic carbocycles. The molecule has 0 spiro atoms. The highest BCUT2D eigenvalue weighted by Crippen LogP contribution is 2.22. The highest BCUT2D eigenvalue weighted by atomic mass is 79.9. The SMILES string of the molecule is CC(C)(C)OC(=O)Nc1cc(Br)cnc1C(=O)NCCOCCN(CC(=O)N1CCN(C(=O)c2cc(Cc3n[nH]c(=O)c4ccccc34)ccc2F)CC1)C(=O)OCc1ccccc1. The van der Waals surface area contributed by atoms with E-state index in [0.29, 0.717) is 26.5 Å². The number of ether oxygens (including phenoxy) is 3. The summed E-state index contributed by atoms with van der Waals surface area (Å²) in [5.74, 6) is -2.18. The van der Waals surface area contributed by atoms with Gasteiger partial charge in [-0.05, 0) is 72.1 Å². The molecule has 64 heavy (non-hydrogen) atoms. The molecule has 6 rings (SSSR count). The number of H-pyrrole nitrogens is 1. The van der Waals surface area contributed by atoms with Crippen LogP contribution in [0, 0.1) is 5.82 Å². The molecule has 5 aromatic rings. The molecular formula is C45H48BrFN8O9. The number of aromatic nitrogens is 3. The van der Waals surface area contributed by atoms with E-state index in [0.717, 1.165) is 5.56 Å². The van der Waals surface area contributed by atoms with Crippen LogP contribution in [-0.4, -0.2) is 124 Å². The average molecular weight is 944 g/mol. The van der Waals surface area contributed by atoms with Crippen LogP contribution in [0.2, 0.25) is 0 Å². The first-order valence-electron chi connectivity index (χ1n) is 20.4. The number of nitrogens with zero attached hydrogens (tertiary/aromatic N) is 5. The van der Waals surface area contributed by atoms with Crippen LogP contribution < -0.4 is 16.2 Å². The molecule has 1 aliphatic rings. The van der Waals surface area contributed by atoms with Crippen LogP contribution in [0.5, 0.6) is 0 Å². The number of hydrogen-bond donors (Lipinski definition) is 3. The average Bonchev–Trinajstić information content (AvgIpc) is 3.27. The van der Waals surface area contributed by atoms with Crippen LogP contribution >= 0.6 is 15.9 Å². The third-order valence-electron chi connectivity index (χ3n) is 9.86. The molecule has 19 heteroatoms. The highest BCUT2D eigenvalue weighted by molar-refractivity contribution is 9.10. The van der Waals surface area contributed by atoms with E-state index in [1.807, 2.05) is 18.2 Å². The zero-order chi connectivity index (χ0) is 45.8. The number of carbonyl (C=O) groups is 5. The summed E-state index contributed by atoms with van der Waals surface area (Å²) in [5, 5.41) is 13.1. The van der Waals surface area contributed by atoms with E-state index in [1.165, 1.54) is 39.1 Å². The van der Waals surface area contributed by atoms with Gasteiger partial charge in [-0.1, -0.05) is 54.6 Å². The van der Waals surface area contributed by atoms with Crippen LogP contribution in [0.4, 0.5) is 19.7 Å².